The zero-order valence-corrected chi connectivity index (χ0v) is 7.03. The molecule has 1 saturated carbocycles. The van der Waals surface area contributed by atoms with Gasteiger partial charge in [-0.25, -0.2) is 8.78 Å². The van der Waals surface area contributed by atoms with Gasteiger partial charge in [-0.15, -0.1) is 0 Å². The Morgan fingerprint density at radius 2 is 2.09 bits per heavy atom. The number of hydrogen-bond donors (Lipinski definition) is 1. The first kappa shape index (κ1) is 8.91. The summed E-state index contributed by atoms with van der Waals surface area (Å²) in [4.78, 5) is 0. The van der Waals surface area contributed by atoms with Crippen LogP contribution < -0.4 is 5.32 Å². The highest BCUT2D eigenvalue weighted by molar-refractivity contribution is 4.95. The quantitative estimate of drug-likeness (QED) is 0.667. The summed E-state index contributed by atoms with van der Waals surface area (Å²) < 4.78 is 23.3. The molecule has 0 heterocycles. The normalized spacial score (nSPS) is 27.5. The van der Waals surface area contributed by atoms with E-state index < -0.39 is 6.43 Å². The molecule has 0 aliphatic heterocycles. The molecule has 1 aliphatic carbocycles. The summed E-state index contributed by atoms with van der Waals surface area (Å²) in [5.41, 5.74) is 0.398. The molecule has 1 fully saturated rings. The molecule has 66 valence electrons. The molecule has 0 aromatic carbocycles. The molecular weight excluding hydrogens is 148 g/mol. The van der Waals surface area contributed by atoms with Crippen molar-refractivity contribution in [3.8, 4) is 0 Å². The lowest BCUT2D eigenvalue weighted by molar-refractivity contribution is 0.145. The van der Waals surface area contributed by atoms with Crippen LogP contribution in [0, 0.1) is 11.3 Å². The van der Waals surface area contributed by atoms with Crippen LogP contribution in [0.5, 0.6) is 0 Å². The summed E-state index contributed by atoms with van der Waals surface area (Å²) in [6, 6.07) is 0. The van der Waals surface area contributed by atoms with E-state index in [1.54, 1.807) is 0 Å². The molecule has 1 unspecified atom stereocenters. The Labute approximate surface area is 66.2 Å². The first-order valence-corrected chi connectivity index (χ1v) is 4.01. The Balaban J connectivity index is 1.98. The van der Waals surface area contributed by atoms with E-state index in [1.165, 1.54) is 6.42 Å². The Kier molecular flexibility index (Phi) is 2.47. The van der Waals surface area contributed by atoms with Crippen molar-refractivity contribution in [1.82, 2.24) is 5.32 Å². The van der Waals surface area contributed by atoms with Gasteiger partial charge >= 0.3 is 0 Å². The van der Waals surface area contributed by atoms with Crippen molar-refractivity contribution < 1.29 is 8.78 Å². The topological polar surface area (TPSA) is 12.0 Å². The molecular formula is C8H15F2N. The molecule has 0 aromatic heterocycles. The van der Waals surface area contributed by atoms with Crippen LogP contribution in [0.3, 0.4) is 0 Å². The third-order valence-corrected chi connectivity index (χ3v) is 2.41. The second-order valence-corrected chi connectivity index (χ2v) is 3.94. The standard InChI is InChI=1S/C8H15F2N/c1-8(2)3-6(8)4-11-5-7(9)10/h6-7,11H,3-5H2,1-2H3. The Bertz CT molecular complexity index is 134. The molecule has 1 nitrogen and oxygen atoms in total. The van der Waals surface area contributed by atoms with Crippen LogP contribution in [0.15, 0.2) is 0 Å². The van der Waals surface area contributed by atoms with Gasteiger partial charge in [0.25, 0.3) is 6.43 Å². The summed E-state index contributed by atoms with van der Waals surface area (Å²) in [7, 11) is 0. The van der Waals surface area contributed by atoms with Gasteiger partial charge in [0.15, 0.2) is 0 Å². The summed E-state index contributed by atoms with van der Waals surface area (Å²) in [5.74, 6) is 0.612. The van der Waals surface area contributed by atoms with Crippen LogP contribution in [-0.4, -0.2) is 19.5 Å². The fourth-order valence-electron chi connectivity index (χ4n) is 1.29. The summed E-state index contributed by atoms with van der Waals surface area (Å²) in [6.45, 7) is 4.92. The minimum absolute atomic E-state index is 0.160. The van der Waals surface area contributed by atoms with E-state index >= 15 is 0 Å². The molecule has 0 radical (unpaired) electrons. The number of nitrogens with one attached hydrogen (secondary N) is 1. The van der Waals surface area contributed by atoms with Crippen molar-refractivity contribution in [1.29, 1.82) is 0 Å². The Morgan fingerprint density at radius 1 is 1.55 bits per heavy atom. The van der Waals surface area contributed by atoms with Gasteiger partial charge in [-0.1, -0.05) is 13.8 Å². The molecule has 0 aromatic rings. The Hall–Kier alpha value is -0.180. The van der Waals surface area contributed by atoms with Crippen LogP contribution >= 0.6 is 0 Å². The van der Waals surface area contributed by atoms with Gasteiger partial charge in [0, 0.05) is 0 Å². The van der Waals surface area contributed by atoms with Crippen molar-refractivity contribution in [3.05, 3.63) is 0 Å². The predicted octanol–water partition coefficient (Wildman–Crippen LogP) is 1.89. The lowest BCUT2D eigenvalue weighted by Gasteiger charge is -2.04. The highest BCUT2D eigenvalue weighted by atomic mass is 19.3. The highest BCUT2D eigenvalue weighted by Gasteiger charge is 2.44. The van der Waals surface area contributed by atoms with Crippen LogP contribution in [-0.2, 0) is 0 Å². The average Bonchev–Trinajstić information content (AvgIpc) is 2.39. The van der Waals surface area contributed by atoms with Crippen molar-refractivity contribution in [2.24, 2.45) is 11.3 Å². The van der Waals surface area contributed by atoms with Gasteiger partial charge in [-0.05, 0) is 24.3 Å². The van der Waals surface area contributed by atoms with E-state index in [2.05, 4.69) is 19.2 Å². The molecule has 1 aliphatic rings. The second kappa shape index (κ2) is 3.05. The number of rotatable bonds is 4. The molecule has 11 heavy (non-hydrogen) atoms. The molecule has 0 saturated heterocycles. The molecule has 1 atom stereocenters. The van der Waals surface area contributed by atoms with Gasteiger partial charge in [0.05, 0.1) is 6.54 Å². The van der Waals surface area contributed by atoms with E-state index in [9.17, 15) is 8.78 Å². The summed E-state index contributed by atoms with van der Waals surface area (Å²) >= 11 is 0. The SMILES string of the molecule is CC1(C)CC1CNCC(F)F. The van der Waals surface area contributed by atoms with Crippen LogP contribution in [0.25, 0.3) is 0 Å². The maximum absolute atomic E-state index is 11.6. The van der Waals surface area contributed by atoms with E-state index in [-0.39, 0.29) is 6.54 Å². The molecule has 0 bridgehead atoms. The third kappa shape index (κ3) is 2.73. The van der Waals surface area contributed by atoms with E-state index in [4.69, 9.17) is 0 Å². The van der Waals surface area contributed by atoms with Gasteiger partial charge in [-0.3, -0.25) is 0 Å². The van der Waals surface area contributed by atoms with Crippen molar-refractivity contribution in [2.75, 3.05) is 13.1 Å². The number of hydrogen-bond acceptors (Lipinski definition) is 1. The second-order valence-electron chi connectivity index (χ2n) is 3.94. The fourth-order valence-corrected chi connectivity index (χ4v) is 1.29. The monoisotopic (exact) mass is 163 g/mol. The molecule has 1 rings (SSSR count). The van der Waals surface area contributed by atoms with Gasteiger partial charge in [-0.2, -0.15) is 0 Å². The van der Waals surface area contributed by atoms with E-state index in [0.717, 1.165) is 6.54 Å². The van der Waals surface area contributed by atoms with Gasteiger partial charge < -0.3 is 5.32 Å². The third-order valence-electron chi connectivity index (χ3n) is 2.41. The van der Waals surface area contributed by atoms with Gasteiger partial charge in [0.2, 0.25) is 0 Å². The maximum atomic E-state index is 11.6. The lowest BCUT2D eigenvalue weighted by Crippen LogP contribution is -2.24. The van der Waals surface area contributed by atoms with E-state index in [1.807, 2.05) is 0 Å². The number of alkyl halides is 2. The minimum Gasteiger partial charge on any atom is -0.311 e. The Morgan fingerprint density at radius 3 is 2.45 bits per heavy atom. The van der Waals surface area contributed by atoms with Crippen molar-refractivity contribution in [2.45, 2.75) is 26.7 Å². The zero-order chi connectivity index (χ0) is 8.48. The van der Waals surface area contributed by atoms with Crippen molar-refractivity contribution in [3.63, 3.8) is 0 Å². The minimum atomic E-state index is -2.21. The average molecular weight is 163 g/mol. The highest BCUT2D eigenvalue weighted by Crippen LogP contribution is 2.50. The van der Waals surface area contributed by atoms with Crippen LogP contribution in [0.2, 0.25) is 0 Å². The molecule has 1 N–H and O–H groups in total. The number of halogens is 2. The predicted molar refractivity (Wildman–Crippen MR) is 40.8 cm³/mol. The first-order chi connectivity index (χ1) is 5.02. The summed E-state index contributed by atoms with van der Waals surface area (Å²) in [6.07, 6.45) is -1.04. The zero-order valence-electron chi connectivity index (χ0n) is 7.03. The molecule has 3 heteroatoms. The van der Waals surface area contributed by atoms with Gasteiger partial charge in [0.1, 0.15) is 0 Å². The lowest BCUT2D eigenvalue weighted by atomic mass is 10.1. The fraction of sp³-hybridized carbons (Fsp3) is 1.00. The van der Waals surface area contributed by atoms with E-state index in [0.29, 0.717) is 11.3 Å². The smallest absolute Gasteiger partial charge is 0.250 e. The molecule has 0 spiro atoms. The van der Waals surface area contributed by atoms with Crippen LogP contribution in [0.1, 0.15) is 20.3 Å². The maximum Gasteiger partial charge on any atom is 0.250 e. The van der Waals surface area contributed by atoms with Crippen LogP contribution in [0.4, 0.5) is 8.78 Å². The first-order valence-electron chi connectivity index (χ1n) is 4.01. The summed E-state index contributed by atoms with van der Waals surface area (Å²) in [5, 5.41) is 2.75. The van der Waals surface area contributed by atoms with Crippen molar-refractivity contribution >= 4 is 0 Å². The molecule has 0 amide bonds. The largest absolute Gasteiger partial charge is 0.311 e.